The van der Waals surface area contributed by atoms with Crippen molar-refractivity contribution in [1.29, 1.82) is 0 Å². The smallest absolute Gasteiger partial charge is 0.194 e. The van der Waals surface area contributed by atoms with Crippen LogP contribution < -0.4 is 0 Å². The molecule has 2 aliphatic rings. The summed E-state index contributed by atoms with van der Waals surface area (Å²) >= 11 is 1.83. The van der Waals surface area contributed by atoms with Crippen molar-refractivity contribution in [3.05, 3.63) is 91.2 Å². The Morgan fingerprint density at radius 1 is 1.07 bits per heavy atom. The molecule has 3 heteroatoms. The van der Waals surface area contributed by atoms with Gasteiger partial charge < -0.3 is 0 Å². The highest BCUT2D eigenvalue weighted by Crippen LogP contribution is 2.44. The fourth-order valence-corrected chi connectivity index (χ4v) is 6.21. The number of thiophene rings is 1. The zero-order chi connectivity index (χ0) is 19.4. The Labute approximate surface area is 170 Å². The molecule has 0 bridgehead atoms. The van der Waals surface area contributed by atoms with Crippen LogP contribution in [0.2, 0.25) is 0 Å². The van der Waals surface area contributed by atoms with Crippen LogP contribution in [0, 0.1) is 20.8 Å². The van der Waals surface area contributed by atoms with Gasteiger partial charge in [0.25, 0.3) is 0 Å². The summed E-state index contributed by atoms with van der Waals surface area (Å²) in [6.45, 7) is 9.33. The van der Waals surface area contributed by atoms with Crippen molar-refractivity contribution >= 4 is 17.1 Å². The van der Waals surface area contributed by atoms with E-state index >= 15 is 0 Å². The van der Waals surface area contributed by atoms with E-state index in [0.29, 0.717) is 5.92 Å². The fourth-order valence-electron chi connectivity index (χ4n) is 4.91. The Kier molecular flexibility index (Phi) is 4.26. The molecule has 0 N–H and O–H groups in total. The van der Waals surface area contributed by atoms with Gasteiger partial charge in [0.15, 0.2) is 5.78 Å². The number of hydrogen-bond acceptors (Lipinski definition) is 3. The van der Waals surface area contributed by atoms with Crippen molar-refractivity contribution in [2.24, 2.45) is 0 Å². The lowest BCUT2D eigenvalue weighted by atomic mass is 9.87. The molecule has 0 saturated heterocycles. The Morgan fingerprint density at radius 2 is 1.82 bits per heavy atom. The van der Waals surface area contributed by atoms with Gasteiger partial charge in [-0.15, -0.1) is 11.3 Å². The van der Waals surface area contributed by atoms with E-state index in [1.807, 2.05) is 11.3 Å². The van der Waals surface area contributed by atoms with E-state index in [0.717, 1.165) is 37.2 Å². The minimum Gasteiger partial charge on any atom is -0.293 e. The number of nitrogens with zero attached hydrogens (tertiary/aromatic N) is 1. The standard InChI is InChI=1S/C25H25NOS/c1-15-9-19-11-20-13-26(12-18-7-5-4-6-8-18)14-22-24(20)23(17(3)28-22)25(27)21(19)10-16(15)2/h4-10,20H,11-14H2,1-3H3. The highest BCUT2D eigenvalue weighted by atomic mass is 32.1. The predicted octanol–water partition coefficient (Wildman–Crippen LogP) is 5.56. The van der Waals surface area contributed by atoms with Gasteiger partial charge in [-0.25, -0.2) is 0 Å². The average Bonchev–Trinajstić information content (AvgIpc) is 2.94. The van der Waals surface area contributed by atoms with Gasteiger partial charge in [0, 0.05) is 46.4 Å². The van der Waals surface area contributed by atoms with Crippen molar-refractivity contribution < 1.29 is 4.79 Å². The first kappa shape index (κ1) is 17.8. The second kappa shape index (κ2) is 6.68. The van der Waals surface area contributed by atoms with E-state index in [1.54, 1.807) is 0 Å². The van der Waals surface area contributed by atoms with Crippen LogP contribution in [0.1, 0.15) is 59.4 Å². The highest BCUT2D eigenvalue weighted by molar-refractivity contribution is 7.12. The van der Waals surface area contributed by atoms with Crippen molar-refractivity contribution in [2.45, 2.75) is 46.2 Å². The molecule has 1 aliphatic heterocycles. The van der Waals surface area contributed by atoms with Crippen LogP contribution >= 0.6 is 11.3 Å². The maximum absolute atomic E-state index is 13.5. The van der Waals surface area contributed by atoms with Crippen LogP contribution in [0.3, 0.4) is 0 Å². The van der Waals surface area contributed by atoms with E-state index in [1.165, 1.54) is 37.6 Å². The fraction of sp³-hybridized carbons (Fsp3) is 0.320. The summed E-state index contributed by atoms with van der Waals surface area (Å²) < 4.78 is 0. The van der Waals surface area contributed by atoms with Crippen LogP contribution in [0.25, 0.3) is 0 Å². The van der Waals surface area contributed by atoms with Crippen LogP contribution in [0.4, 0.5) is 0 Å². The quantitative estimate of drug-likeness (QED) is 0.574. The van der Waals surface area contributed by atoms with Gasteiger partial charge in [0.1, 0.15) is 0 Å². The molecule has 0 spiro atoms. The minimum atomic E-state index is 0.243. The number of carbonyl (C=O) groups is 1. The highest BCUT2D eigenvalue weighted by Gasteiger charge is 2.36. The third-order valence-corrected chi connectivity index (χ3v) is 7.46. The molecule has 1 aromatic heterocycles. The maximum Gasteiger partial charge on any atom is 0.194 e. The van der Waals surface area contributed by atoms with Crippen molar-refractivity contribution in [3.8, 4) is 0 Å². The number of rotatable bonds is 2. The third-order valence-electron chi connectivity index (χ3n) is 6.36. The number of hydrogen-bond donors (Lipinski definition) is 0. The average molecular weight is 388 g/mol. The Hall–Kier alpha value is -2.23. The Balaban J connectivity index is 1.58. The summed E-state index contributed by atoms with van der Waals surface area (Å²) in [7, 11) is 0. The second-order valence-electron chi connectivity index (χ2n) is 8.35. The van der Waals surface area contributed by atoms with Crippen molar-refractivity contribution in [1.82, 2.24) is 4.90 Å². The first-order chi connectivity index (χ1) is 13.5. The van der Waals surface area contributed by atoms with Crippen molar-refractivity contribution in [2.75, 3.05) is 6.54 Å². The van der Waals surface area contributed by atoms with Crippen LogP contribution in [0.15, 0.2) is 42.5 Å². The van der Waals surface area contributed by atoms with Gasteiger partial charge in [-0.3, -0.25) is 9.69 Å². The summed E-state index contributed by atoms with van der Waals surface area (Å²) in [5.41, 5.74) is 8.36. The van der Waals surface area contributed by atoms with Crippen molar-refractivity contribution in [3.63, 3.8) is 0 Å². The van der Waals surface area contributed by atoms with Gasteiger partial charge in [-0.05, 0) is 61.1 Å². The molecule has 0 radical (unpaired) electrons. The molecule has 1 atom stereocenters. The van der Waals surface area contributed by atoms with E-state index < -0.39 is 0 Å². The van der Waals surface area contributed by atoms with E-state index in [9.17, 15) is 4.79 Å². The number of aryl methyl sites for hydroxylation is 3. The predicted molar refractivity (Wildman–Crippen MR) is 115 cm³/mol. The lowest BCUT2D eigenvalue weighted by molar-refractivity contribution is 0.103. The molecular weight excluding hydrogens is 362 g/mol. The summed E-state index contributed by atoms with van der Waals surface area (Å²) in [6, 6.07) is 15.1. The number of benzene rings is 2. The number of fused-ring (bicyclic) bond motifs is 1. The van der Waals surface area contributed by atoms with Gasteiger partial charge in [-0.1, -0.05) is 36.4 Å². The van der Waals surface area contributed by atoms with Crippen LogP contribution in [-0.4, -0.2) is 17.2 Å². The first-order valence-electron chi connectivity index (χ1n) is 10.0. The molecule has 1 aliphatic carbocycles. The summed E-state index contributed by atoms with van der Waals surface area (Å²) in [6.07, 6.45) is 0.962. The normalized spacial score (nSPS) is 18.5. The molecule has 28 heavy (non-hydrogen) atoms. The molecule has 2 aromatic carbocycles. The zero-order valence-electron chi connectivity index (χ0n) is 16.7. The topological polar surface area (TPSA) is 20.3 Å². The van der Waals surface area contributed by atoms with Crippen LogP contribution in [0.5, 0.6) is 0 Å². The van der Waals surface area contributed by atoms with Gasteiger partial charge in [0.05, 0.1) is 0 Å². The molecule has 1 unspecified atom stereocenters. The molecule has 2 nitrogen and oxygen atoms in total. The summed E-state index contributed by atoms with van der Waals surface area (Å²) in [4.78, 5) is 18.6. The SMILES string of the molecule is Cc1cc2c(cc1C)C(=O)c1c(C)sc3c1C(C2)CN(Cc1ccccc1)C3. The van der Waals surface area contributed by atoms with E-state index in [2.05, 4.69) is 68.1 Å². The largest absolute Gasteiger partial charge is 0.293 e. The molecule has 0 saturated carbocycles. The lowest BCUT2D eigenvalue weighted by Crippen LogP contribution is -2.33. The molecule has 0 fully saturated rings. The second-order valence-corrected chi connectivity index (χ2v) is 9.66. The zero-order valence-corrected chi connectivity index (χ0v) is 17.5. The molecule has 2 heterocycles. The third kappa shape index (κ3) is 2.85. The molecular formula is C25H25NOS. The molecule has 142 valence electrons. The molecule has 5 rings (SSSR count). The number of ketones is 1. The van der Waals surface area contributed by atoms with Crippen LogP contribution in [-0.2, 0) is 19.5 Å². The van der Waals surface area contributed by atoms with Gasteiger partial charge in [0.2, 0.25) is 0 Å². The monoisotopic (exact) mass is 387 g/mol. The molecule has 3 aromatic rings. The summed E-state index contributed by atoms with van der Waals surface area (Å²) in [5.74, 6) is 0.645. The Bertz CT molecular complexity index is 1080. The summed E-state index contributed by atoms with van der Waals surface area (Å²) in [5, 5.41) is 0. The first-order valence-corrected chi connectivity index (χ1v) is 10.9. The number of carbonyl (C=O) groups excluding carboxylic acids is 1. The Morgan fingerprint density at radius 3 is 2.61 bits per heavy atom. The van der Waals surface area contributed by atoms with E-state index in [-0.39, 0.29) is 5.78 Å². The molecule has 0 amide bonds. The lowest BCUT2D eigenvalue weighted by Gasteiger charge is -2.33. The van der Waals surface area contributed by atoms with Gasteiger partial charge >= 0.3 is 0 Å². The minimum absolute atomic E-state index is 0.243. The van der Waals surface area contributed by atoms with Gasteiger partial charge in [-0.2, -0.15) is 0 Å². The van der Waals surface area contributed by atoms with E-state index in [4.69, 9.17) is 0 Å². The maximum atomic E-state index is 13.5.